The second-order valence-electron chi connectivity index (χ2n) is 6.25. The quantitative estimate of drug-likeness (QED) is 0.269. The van der Waals surface area contributed by atoms with E-state index in [9.17, 15) is 10.1 Å². The first kappa shape index (κ1) is 22.3. The third kappa shape index (κ3) is 6.54. The number of furan rings is 1. The van der Waals surface area contributed by atoms with Crippen molar-refractivity contribution in [1.82, 2.24) is 5.32 Å². The molecule has 0 atom stereocenters. The second-order valence-corrected chi connectivity index (χ2v) is 7.06. The molecule has 0 aliphatic rings. The van der Waals surface area contributed by atoms with E-state index in [0.29, 0.717) is 32.9 Å². The largest absolute Gasteiger partial charge is 0.488 e. The Hall–Kier alpha value is -3.40. The predicted octanol–water partition coefficient (Wildman–Crippen LogP) is 5.27. The number of halogens is 2. The summed E-state index contributed by atoms with van der Waals surface area (Å²) in [5.41, 5.74) is 0.541. The topological polar surface area (TPSA) is 84.5 Å². The Kier molecular flexibility index (Phi) is 7.99. The van der Waals surface area contributed by atoms with Crippen molar-refractivity contribution in [2.75, 3.05) is 13.2 Å². The minimum absolute atomic E-state index is 0.0515. The number of hydrogen-bond acceptors (Lipinski definition) is 5. The number of carbonyl (C=O) groups is 1. The second kappa shape index (κ2) is 11.1. The molecule has 6 nitrogen and oxygen atoms in total. The molecule has 31 heavy (non-hydrogen) atoms. The summed E-state index contributed by atoms with van der Waals surface area (Å²) in [6, 6.07) is 17.5. The van der Waals surface area contributed by atoms with Crippen molar-refractivity contribution < 1.29 is 18.7 Å². The minimum atomic E-state index is -0.507. The van der Waals surface area contributed by atoms with E-state index in [0.717, 1.165) is 0 Å². The van der Waals surface area contributed by atoms with Crippen molar-refractivity contribution in [2.24, 2.45) is 0 Å². The Labute approximate surface area is 189 Å². The Morgan fingerprint density at radius 1 is 1.03 bits per heavy atom. The van der Waals surface area contributed by atoms with Crippen LogP contribution in [0.15, 0.2) is 70.9 Å². The van der Waals surface area contributed by atoms with Crippen molar-refractivity contribution in [2.45, 2.75) is 6.54 Å². The van der Waals surface area contributed by atoms with Gasteiger partial charge in [-0.1, -0.05) is 41.4 Å². The lowest BCUT2D eigenvalue weighted by Crippen LogP contribution is -2.23. The van der Waals surface area contributed by atoms with Crippen molar-refractivity contribution in [3.63, 3.8) is 0 Å². The first-order chi connectivity index (χ1) is 15.1. The molecule has 1 N–H and O–H groups in total. The van der Waals surface area contributed by atoms with E-state index in [1.54, 1.807) is 42.5 Å². The Bertz CT molecular complexity index is 1110. The van der Waals surface area contributed by atoms with Gasteiger partial charge in [0.2, 0.25) is 0 Å². The summed E-state index contributed by atoms with van der Waals surface area (Å²) < 4.78 is 16.4. The fraction of sp³-hybridized carbons (Fsp3) is 0.130. The maximum absolute atomic E-state index is 12.2. The lowest BCUT2D eigenvalue weighted by atomic mass is 10.1. The lowest BCUT2D eigenvalue weighted by Gasteiger charge is -2.11. The van der Waals surface area contributed by atoms with Crippen LogP contribution < -0.4 is 14.8 Å². The highest BCUT2D eigenvalue weighted by Gasteiger charge is 2.11. The van der Waals surface area contributed by atoms with Crippen LogP contribution in [0.25, 0.3) is 6.08 Å². The molecule has 0 spiro atoms. The monoisotopic (exact) mass is 456 g/mol. The van der Waals surface area contributed by atoms with E-state index in [1.807, 2.05) is 18.2 Å². The molecule has 0 radical (unpaired) electrons. The van der Waals surface area contributed by atoms with E-state index in [4.69, 9.17) is 37.1 Å². The lowest BCUT2D eigenvalue weighted by molar-refractivity contribution is -0.117. The van der Waals surface area contributed by atoms with Gasteiger partial charge in [0.15, 0.2) is 0 Å². The molecule has 0 unspecified atom stereocenters. The van der Waals surface area contributed by atoms with E-state index in [-0.39, 0.29) is 25.3 Å². The zero-order valence-corrected chi connectivity index (χ0v) is 17.8. The van der Waals surface area contributed by atoms with Crippen molar-refractivity contribution >= 4 is 35.2 Å². The van der Waals surface area contributed by atoms with E-state index in [2.05, 4.69) is 5.32 Å². The smallest absolute Gasteiger partial charge is 0.262 e. The summed E-state index contributed by atoms with van der Waals surface area (Å²) in [5, 5.41) is 12.8. The number of para-hydroxylation sites is 1. The zero-order chi connectivity index (χ0) is 22.1. The summed E-state index contributed by atoms with van der Waals surface area (Å²) in [6.07, 6.45) is 2.96. The third-order valence-corrected chi connectivity index (χ3v) is 4.68. The third-order valence-electron chi connectivity index (χ3n) is 4.07. The van der Waals surface area contributed by atoms with Crippen LogP contribution in [0.5, 0.6) is 11.5 Å². The van der Waals surface area contributed by atoms with Gasteiger partial charge in [0.1, 0.15) is 42.1 Å². The number of amides is 1. The van der Waals surface area contributed by atoms with Crippen molar-refractivity contribution in [3.8, 4) is 17.6 Å². The molecule has 0 saturated heterocycles. The molecule has 2 aromatic carbocycles. The molecule has 0 saturated carbocycles. The van der Waals surface area contributed by atoms with Crippen LogP contribution in [-0.2, 0) is 11.3 Å². The normalized spacial score (nSPS) is 10.9. The zero-order valence-electron chi connectivity index (χ0n) is 16.3. The van der Waals surface area contributed by atoms with Gasteiger partial charge in [0.05, 0.1) is 22.9 Å². The molecule has 1 heterocycles. The molecule has 0 aliphatic heterocycles. The summed E-state index contributed by atoms with van der Waals surface area (Å²) in [4.78, 5) is 12.2. The molecule has 1 amide bonds. The number of nitrogens with one attached hydrogen (secondary N) is 1. The highest BCUT2D eigenvalue weighted by molar-refractivity contribution is 6.32. The average molecular weight is 457 g/mol. The SMILES string of the molecule is N#CC(=Cc1ccc(OCCOc2ccccc2Cl)c(Cl)c1)C(=O)NCc1ccco1. The van der Waals surface area contributed by atoms with E-state index >= 15 is 0 Å². The fourth-order valence-electron chi connectivity index (χ4n) is 2.58. The van der Waals surface area contributed by atoms with Crippen LogP contribution in [0.2, 0.25) is 10.0 Å². The Morgan fingerprint density at radius 3 is 2.42 bits per heavy atom. The van der Waals surface area contributed by atoms with Gasteiger partial charge in [-0.3, -0.25) is 4.79 Å². The molecule has 0 aliphatic carbocycles. The van der Waals surface area contributed by atoms with Gasteiger partial charge < -0.3 is 19.2 Å². The molecule has 0 bridgehead atoms. The van der Waals surface area contributed by atoms with E-state index in [1.165, 1.54) is 12.3 Å². The highest BCUT2D eigenvalue weighted by Crippen LogP contribution is 2.27. The summed E-state index contributed by atoms with van der Waals surface area (Å²) in [5.74, 6) is 1.12. The minimum Gasteiger partial charge on any atom is -0.488 e. The van der Waals surface area contributed by atoms with Gasteiger partial charge >= 0.3 is 0 Å². The number of hydrogen-bond donors (Lipinski definition) is 1. The summed E-state index contributed by atoms with van der Waals surface area (Å²) >= 11 is 12.3. The number of ether oxygens (including phenoxy) is 2. The summed E-state index contributed by atoms with van der Waals surface area (Å²) in [6.45, 7) is 0.740. The maximum Gasteiger partial charge on any atom is 0.262 e. The summed E-state index contributed by atoms with van der Waals surface area (Å²) in [7, 11) is 0. The first-order valence-electron chi connectivity index (χ1n) is 9.29. The van der Waals surface area contributed by atoms with Crippen LogP contribution in [0.1, 0.15) is 11.3 Å². The number of benzene rings is 2. The highest BCUT2D eigenvalue weighted by atomic mass is 35.5. The maximum atomic E-state index is 12.2. The van der Waals surface area contributed by atoms with Gasteiger partial charge in [-0.15, -0.1) is 0 Å². The number of carbonyl (C=O) groups excluding carboxylic acids is 1. The number of rotatable bonds is 9. The first-order valence-corrected chi connectivity index (χ1v) is 10.0. The van der Waals surface area contributed by atoms with Gasteiger partial charge in [0, 0.05) is 0 Å². The van der Waals surface area contributed by atoms with Crippen LogP contribution >= 0.6 is 23.2 Å². The van der Waals surface area contributed by atoms with E-state index < -0.39 is 5.91 Å². The van der Waals surface area contributed by atoms with Gasteiger partial charge in [0.25, 0.3) is 5.91 Å². The number of nitrogens with zero attached hydrogens (tertiary/aromatic N) is 1. The van der Waals surface area contributed by atoms with Crippen LogP contribution in [0.3, 0.4) is 0 Å². The predicted molar refractivity (Wildman–Crippen MR) is 118 cm³/mol. The van der Waals surface area contributed by atoms with Crippen LogP contribution in [0.4, 0.5) is 0 Å². The molecular weight excluding hydrogens is 439 g/mol. The van der Waals surface area contributed by atoms with Crippen molar-refractivity contribution in [3.05, 3.63) is 87.8 Å². The van der Waals surface area contributed by atoms with Crippen molar-refractivity contribution in [1.29, 1.82) is 5.26 Å². The standard InChI is InChI=1S/C23H18Cl2N2O4/c24-19-5-1-2-6-21(19)30-10-11-31-22-8-7-16(13-20(22)25)12-17(14-26)23(28)27-15-18-4-3-9-29-18/h1-9,12-13H,10-11,15H2,(H,27,28). The number of nitriles is 1. The molecule has 0 fully saturated rings. The van der Waals surface area contributed by atoms with Gasteiger partial charge in [-0.25, -0.2) is 0 Å². The Morgan fingerprint density at radius 2 is 1.77 bits per heavy atom. The van der Waals surface area contributed by atoms with Gasteiger partial charge in [-0.05, 0) is 48.0 Å². The van der Waals surface area contributed by atoms with Crippen LogP contribution in [-0.4, -0.2) is 19.1 Å². The molecule has 3 rings (SSSR count). The molecule has 8 heteroatoms. The van der Waals surface area contributed by atoms with Gasteiger partial charge in [-0.2, -0.15) is 5.26 Å². The molecule has 1 aromatic heterocycles. The average Bonchev–Trinajstić information content (AvgIpc) is 3.29. The Balaban J connectivity index is 1.55. The van der Waals surface area contributed by atoms with Crippen LogP contribution in [0, 0.1) is 11.3 Å². The molecule has 3 aromatic rings. The molecule has 158 valence electrons. The fourth-order valence-corrected chi connectivity index (χ4v) is 3.01. The molecular formula is C23H18Cl2N2O4.